The normalized spacial score (nSPS) is 11.4. The Labute approximate surface area is 174 Å². The van der Waals surface area contributed by atoms with Crippen LogP contribution >= 0.6 is 0 Å². The van der Waals surface area contributed by atoms with Crippen LogP contribution < -0.4 is 14.8 Å². The average molecular weight is 397 g/mol. The smallest absolute Gasteiger partial charge is 0.248 e. The Morgan fingerprint density at radius 2 is 1.72 bits per heavy atom. The number of hydrogen-bond donors (Lipinski definition) is 1. The number of carbonyl (C=O) groups excluding carboxylic acids is 1. The summed E-state index contributed by atoms with van der Waals surface area (Å²) in [6.07, 6.45) is 3.30. The highest BCUT2D eigenvalue weighted by atomic mass is 16.5. The zero-order valence-electron chi connectivity index (χ0n) is 18.0. The predicted molar refractivity (Wildman–Crippen MR) is 120 cm³/mol. The number of nitrogens with one attached hydrogen (secondary N) is 1. The number of rotatable bonds is 10. The van der Waals surface area contributed by atoms with E-state index in [9.17, 15) is 4.79 Å². The zero-order chi connectivity index (χ0) is 21.2. The zero-order valence-corrected chi connectivity index (χ0v) is 18.0. The lowest BCUT2D eigenvalue weighted by atomic mass is 10.2. The van der Waals surface area contributed by atoms with Gasteiger partial charge in [0.05, 0.1) is 7.11 Å². The minimum Gasteiger partial charge on any atom is -0.493 e. The van der Waals surface area contributed by atoms with Crippen molar-refractivity contribution in [2.45, 2.75) is 39.8 Å². The van der Waals surface area contributed by atoms with E-state index in [1.165, 1.54) is 6.08 Å². The van der Waals surface area contributed by atoms with Gasteiger partial charge < -0.3 is 14.8 Å². The molecular formula is C24H32N2O3. The van der Waals surface area contributed by atoms with Gasteiger partial charge in [-0.1, -0.05) is 30.3 Å². The second kappa shape index (κ2) is 11.3. The molecule has 29 heavy (non-hydrogen) atoms. The Morgan fingerprint density at radius 1 is 1.03 bits per heavy atom. The van der Waals surface area contributed by atoms with Crippen LogP contribution in [0.5, 0.6) is 11.5 Å². The number of hydrogen-bond acceptors (Lipinski definition) is 4. The molecule has 0 atom stereocenters. The van der Waals surface area contributed by atoms with Crippen molar-refractivity contribution in [1.82, 2.24) is 4.90 Å². The lowest BCUT2D eigenvalue weighted by molar-refractivity contribution is -0.111. The molecule has 0 aliphatic heterocycles. The topological polar surface area (TPSA) is 50.8 Å². The third-order valence-corrected chi connectivity index (χ3v) is 4.59. The molecule has 0 aliphatic carbocycles. The van der Waals surface area contributed by atoms with Gasteiger partial charge in [0.15, 0.2) is 11.5 Å². The fraction of sp³-hybridized carbons (Fsp3) is 0.375. The van der Waals surface area contributed by atoms with Crippen molar-refractivity contribution in [2.24, 2.45) is 0 Å². The summed E-state index contributed by atoms with van der Waals surface area (Å²) >= 11 is 0. The van der Waals surface area contributed by atoms with Gasteiger partial charge in [-0.15, -0.1) is 0 Å². The van der Waals surface area contributed by atoms with E-state index in [0.29, 0.717) is 35.9 Å². The Kier molecular flexibility index (Phi) is 8.74. The maximum atomic E-state index is 12.2. The summed E-state index contributed by atoms with van der Waals surface area (Å²) in [7, 11) is 1.61. The van der Waals surface area contributed by atoms with Crippen LogP contribution in [0.25, 0.3) is 6.08 Å². The Bertz CT molecular complexity index is 793. The van der Waals surface area contributed by atoms with E-state index in [1.807, 2.05) is 30.3 Å². The summed E-state index contributed by atoms with van der Waals surface area (Å²) in [4.78, 5) is 14.6. The number of anilines is 1. The van der Waals surface area contributed by atoms with Crippen molar-refractivity contribution >= 4 is 17.7 Å². The van der Waals surface area contributed by atoms with E-state index in [0.717, 1.165) is 12.1 Å². The van der Waals surface area contributed by atoms with Crippen molar-refractivity contribution in [1.29, 1.82) is 0 Å². The van der Waals surface area contributed by atoms with Crippen molar-refractivity contribution in [2.75, 3.05) is 25.6 Å². The second-order valence-corrected chi connectivity index (χ2v) is 7.37. The molecule has 1 amide bonds. The fourth-order valence-electron chi connectivity index (χ4n) is 3.16. The molecule has 5 heteroatoms. The first-order chi connectivity index (χ1) is 13.9. The highest BCUT2D eigenvalue weighted by Gasteiger charge is 2.14. The standard InChI is InChI=1S/C24H32N2O3/c1-18(2)26(19(3)4)15-16-29-23-17-21(12-13-22(23)28-5)25-24(27)14-11-20-9-7-6-8-10-20/h6-14,17-19H,15-16H2,1-5H3,(H,25,27). The van der Waals surface area contributed by atoms with Crippen LogP contribution in [0.1, 0.15) is 33.3 Å². The molecule has 0 aliphatic rings. The van der Waals surface area contributed by atoms with Gasteiger partial charge in [0.2, 0.25) is 5.91 Å². The molecule has 5 nitrogen and oxygen atoms in total. The lowest BCUT2D eigenvalue weighted by Crippen LogP contribution is -2.39. The molecule has 0 spiro atoms. The molecule has 0 saturated heterocycles. The lowest BCUT2D eigenvalue weighted by Gasteiger charge is -2.30. The molecule has 2 aromatic carbocycles. The van der Waals surface area contributed by atoms with Gasteiger partial charge in [-0.25, -0.2) is 0 Å². The average Bonchev–Trinajstić information content (AvgIpc) is 2.70. The third-order valence-electron chi connectivity index (χ3n) is 4.59. The third kappa shape index (κ3) is 7.27. The maximum absolute atomic E-state index is 12.2. The minimum absolute atomic E-state index is 0.198. The second-order valence-electron chi connectivity index (χ2n) is 7.37. The molecule has 0 bridgehead atoms. The molecule has 0 fully saturated rings. The molecule has 0 aromatic heterocycles. The van der Waals surface area contributed by atoms with Crippen molar-refractivity contribution in [3.05, 3.63) is 60.2 Å². The first-order valence-corrected chi connectivity index (χ1v) is 10.0. The van der Waals surface area contributed by atoms with Crippen LogP contribution in [0, 0.1) is 0 Å². The van der Waals surface area contributed by atoms with E-state index >= 15 is 0 Å². The molecule has 0 radical (unpaired) electrons. The van der Waals surface area contributed by atoms with Crippen LogP contribution in [0.3, 0.4) is 0 Å². The molecular weight excluding hydrogens is 364 g/mol. The minimum atomic E-state index is -0.198. The largest absolute Gasteiger partial charge is 0.493 e. The molecule has 0 unspecified atom stereocenters. The van der Waals surface area contributed by atoms with E-state index in [-0.39, 0.29) is 5.91 Å². The Balaban J connectivity index is 2.00. The summed E-state index contributed by atoms with van der Waals surface area (Å²) in [6.45, 7) is 10.1. The molecule has 0 heterocycles. The number of carbonyl (C=O) groups is 1. The molecule has 2 aromatic rings. The van der Waals surface area contributed by atoms with Crippen molar-refractivity contribution in [3.63, 3.8) is 0 Å². The van der Waals surface area contributed by atoms with Crippen LogP contribution in [0.4, 0.5) is 5.69 Å². The monoisotopic (exact) mass is 396 g/mol. The van der Waals surface area contributed by atoms with Crippen LogP contribution in [0.2, 0.25) is 0 Å². The number of methoxy groups -OCH3 is 1. The van der Waals surface area contributed by atoms with Crippen molar-refractivity contribution in [3.8, 4) is 11.5 Å². The van der Waals surface area contributed by atoms with Crippen LogP contribution in [-0.4, -0.2) is 43.2 Å². The summed E-state index contributed by atoms with van der Waals surface area (Å²) in [5.41, 5.74) is 1.63. The summed E-state index contributed by atoms with van der Waals surface area (Å²) < 4.78 is 11.4. The van der Waals surface area contributed by atoms with Gasteiger partial charge in [-0.05, 0) is 51.5 Å². The number of nitrogens with zero attached hydrogens (tertiary/aromatic N) is 1. The van der Waals surface area contributed by atoms with E-state index in [1.54, 1.807) is 31.4 Å². The Hall–Kier alpha value is -2.79. The predicted octanol–water partition coefficient (Wildman–Crippen LogP) is 4.84. The summed E-state index contributed by atoms with van der Waals surface area (Å²) in [5.74, 6) is 1.06. The molecule has 0 saturated carbocycles. The highest BCUT2D eigenvalue weighted by molar-refractivity contribution is 6.02. The van der Waals surface area contributed by atoms with Gasteiger partial charge in [0, 0.05) is 36.5 Å². The van der Waals surface area contributed by atoms with Crippen LogP contribution in [-0.2, 0) is 4.79 Å². The fourth-order valence-corrected chi connectivity index (χ4v) is 3.16. The van der Waals surface area contributed by atoms with E-state index in [2.05, 4.69) is 37.9 Å². The molecule has 2 rings (SSSR count). The van der Waals surface area contributed by atoms with Crippen LogP contribution in [0.15, 0.2) is 54.6 Å². The Morgan fingerprint density at radius 3 is 2.34 bits per heavy atom. The quantitative estimate of drug-likeness (QED) is 0.584. The number of benzene rings is 2. The van der Waals surface area contributed by atoms with Gasteiger partial charge >= 0.3 is 0 Å². The van der Waals surface area contributed by atoms with Gasteiger partial charge in [-0.2, -0.15) is 0 Å². The summed E-state index contributed by atoms with van der Waals surface area (Å²) in [5, 5.41) is 2.87. The highest BCUT2D eigenvalue weighted by Crippen LogP contribution is 2.30. The van der Waals surface area contributed by atoms with Gasteiger partial charge in [0.1, 0.15) is 6.61 Å². The number of amides is 1. The number of ether oxygens (including phenoxy) is 2. The van der Waals surface area contributed by atoms with Gasteiger partial charge in [0.25, 0.3) is 0 Å². The summed E-state index contributed by atoms with van der Waals surface area (Å²) in [6, 6.07) is 16.0. The molecule has 156 valence electrons. The molecule has 1 N–H and O–H groups in total. The van der Waals surface area contributed by atoms with E-state index in [4.69, 9.17) is 9.47 Å². The SMILES string of the molecule is COc1ccc(NC(=O)C=Cc2ccccc2)cc1OCCN(C(C)C)C(C)C. The first-order valence-electron chi connectivity index (χ1n) is 10.0. The van der Waals surface area contributed by atoms with E-state index < -0.39 is 0 Å². The maximum Gasteiger partial charge on any atom is 0.248 e. The van der Waals surface area contributed by atoms with Crippen molar-refractivity contribution < 1.29 is 14.3 Å². The first kappa shape index (κ1) is 22.5. The van der Waals surface area contributed by atoms with Gasteiger partial charge in [-0.3, -0.25) is 9.69 Å².